The Morgan fingerprint density at radius 3 is 2.65 bits per heavy atom. The summed E-state index contributed by atoms with van der Waals surface area (Å²) in [5, 5.41) is 8.76. The Balaban J connectivity index is 2.64. The lowest BCUT2D eigenvalue weighted by Crippen LogP contribution is -2.22. The maximum atomic E-state index is 12.3. The van der Waals surface area contributed by atoms with Crippen molar-refractivity contribution in [2.45, 2.75) is 6.18 Å². The lowest BCUT2D eigenvalue weighted by Gasteiger charge is -2.03. The highest BCUT2D eigenvalue weighted by molar-refractivity contribution is 6.10. The first-order valence-corrected chi connectivity index (χ1v) is 4.56. The number of Topliss-reactive ketones (excluding diaryl/α,β-unsaturated/α-hetero) is 1. The minimum Gasteiger partial charge on any atom is -0.360 e. The van der Waals surface area contributed by atoms with E-state index in [4.69, 9.17) is 5.26 Å². The number of alkyl halides is 3. The van der Waals surface area contributed by atoms with Gasteiger partial charge in [0.05, 0.1) is 17.2 Å². The van der Waals surface area contributed by atoms with E-state index in [9.17, 15) is 18.0 Å². The summed E-state index contributed by atoms with van der Waals surface area (Å²) in [6.45, 7) is 0. The van der Waals surface area contributed by atoms with Gasteiger partial charge in [-0.05, 0) is 18.2 Å². The second-order valence-electron chi connectivity index (χ2n) is 3.40. The molecule has 1 N–H and O–H groups in total. The van der Waals surface area contributed by atoms with Crippen molar-refractivity contribution >= 4 is 16.7 Å². The van der Waals surface area contributed by atoms with Crippen LogP contribution in [0, 0.1) is 11.3 Å². The average Bonchev–Trinajstić information content (AvgIpc) is 2.69. The number of aromatic nitrogens is 1. The molecular formula is C11H5F3N2O. The molecule has 0 saturated heterocycles. The molecule has 1 heterocycles. The number of benzene rings is 1. The number of nitrogens with one attached hydrogen (secondary N) is 1. The van der Waals surface area contributed by atoms with Crippen molar-refractivity contribution < 1.29 is 18.0 Å². The molecule has 0 saturated carbocycles. The maximum Gasteiger partial charge on any atom is 0.454 e. The zero-order valence-corrected chi connectivity index (χ0v) is 8.30. The molecule has 0 fully saturated rings. The van der Waals surface area contributed by atoms with E-state index >= 15 is 0 Å². The largest absolute Gasteiger partial charge is 0.454 e. The molecule has 86 valence electrons. The van der Waals surface area contributed by atoms with Gasteiger partial charge in [-0.25, -0.2) is 0 Å². The minimum absolute atomic E-state index is 0.103. The molecule has 2 rings (SSSR count). The van der Waals surface area contributed by atoms with Crippen LogP contribution in [0.1, 0.15) is 15.9 Å². The first kappa shape index (κ1) is 11.2. The number of nitriles is 1. The molecule has 0 radical (unpaired) electrons. The van der Waals surface area contributed by atoms with E-state index in [0.717, 1.165) is 6.20 Å². The number of hydrogen-bond acceptors (Lipinski definition) is 2. The van der Waals surface area contributed by atoms with E-state index < -0.39 is 17.5 Å². The van der Waals surface area contributed by atoms with Gasteiger partial charge in [-0.15, -0.1) is 0 Å². The third kappa shape index (κ3) is 1.87. The van der Waals surface area contributed by atoms with Crippen molar-refractivity contribution in [1.82, 2.24) is 4.98 Å². The minimum atomic E-state index is -4.92. The Kier molecular flexibility index (Phi) is 2.39. The fourth-order valence-electron chi connectivity index (χ4n) is 1.53. The molecule has 2 aromatic rings. The van der Waals surface area contributed by atoms with Gasteiger partial charge in [0.25, 0.3) is 5.78 Å². The predicted octanol–water partition coefficient (Wildman–Crippen LogP) is 2.78. The van der Waals surface area contributed by atoms with Gasteiger partial charge in [0.2, 0.25) is 0 Å². The lowest BCUT2D eigenvalue weighted by molar-refractivity contribution is -0.0884. The number of ketones is 1. The van der Waals surface area contributed by atoms with Crippen LogP contribution in [0.5, 0.6) is 0 Å². The van der Waals surface area contributed by atoms with Gasteiger partial charge < -0.3 is 4.98 Å². The lowest BCUT2D eigenvalue weighted by atomic mass is 10.1. The first-order chi connectivity index (χ1) is 7.93. The van der Waals surface area contributed by atoms with Crippen LogP contribution < -0.4 is 0 Å². The zero-order valence-electron chi connectivity index (χ0n) is 8.30. The molecule has 1 aromatic heterocycles. The summed E-state index contributed by atoms with van der Waals surface area (Å²) in [5.41, 5.74) is 0.120. The van der Waals surface area contributed by atoms with Crippen LogP contribution in [0.25, 0.3) is 10.9 Å². The van der Waals surface area contributed by atoms with Crippen LogP contribution in [-0.4, -0.2) is 16.9 Å². The van der Waals surface area contributed by atoms with Crippen LogP contribution >= 0.6 is 0 Å². The van der Waals surface area contributed by atoms with Crippen molar-refractivity contribution in [2.75, 3.05) is 0 Å². The van der Waals surface area contributed by atoms with Crippen molar-refractivity contribution in [1.29, 1.82) is 5.26 Å². The summed E-state index contributed by atoms with van der Waals surface area (Å²) >= 11 is 0. The van der Waals surface area contributed by atoms with Gasteiger partial charge in [0.15, 0.2) is 0 Å². The summed E-state index contributed by atoms with van der Waals surface area (Å²) in [6.07, 6.45) is -3.92. The fourth-order valence-corrected chi connectivity index (χ4v) is 1.53. The van der Waals surface area contributed by atoms with Gasteiger partial charge in [-0.1, -0.05) is 0 Å². The summed E-state index contributed by atoms with van der Waals surface area (Å²) in [7, 11) is 0. The normalized spacial score (nSPS) is 11.4. The Bertz CT molecular complexity index is 634. The standard InChI is InChI=1S/C11H5F3N2O/c12-11(13,14)10(17)8-5-16-9-2-1-6(4-15)3-7(8)9/h1-3,5,16H. The predicted molar refractivity (Wildman–Crippen MR) is 53.4 cm³/mol. The maximum absolute atomic E-state index is 12.3. The molecule has 0 bridgehead atoms. The third-order valence-corrected chi connectivity index (χ3v) is 2.31. The molecule has 1 aromatic carbocycles. The molecule has 0 spiro atoms. The van der Waals surface area contributed by atoms with Crippen molar-refractivity contribution in [2.24, 2.45) is 0 Å². The summed E-state index contributed by atoms with van der Waals surface area (Å²) < 4.78 is 36.9. The summed E-state index contributed by atoms with van der Waals surface area (Å²) in [6, 6.07) is 5.98. The molecule has 0 aliphatic heterocycles. The number of aromatic amines is 1. The van der Waals surface area contributed by atoms with Crippen LogP contribution in [0.15, 0.2) is 24.4 Å². The molecule has 17 heavy (non-hydrogen) atoms. The van der Waals surface area contributed by atoms with Gasteiger partial charge in [-0.2, -0.15) is 18.4 Å². The molecule has 0 atom stereocenters. The number of nitrogens with zero attached hydrogens (tertiary/aromatic N) is 1. The van der Waals surface area contributed by atoms with Gasteiger partial charge >= 0.3 is 6.18 Å². The Morgan fingerprint density at radius 2 is 2.06 bits per heavy atom. The Hall–Kier alpha value is -2.29. The van der Waals surface area contributed by atoms with Crippen LogP contribution in [0.4, 0.5) is 13.2 Å². The van der Waals surface area contributed by atoms with E-state index in [-0.39, 0.29) is 10.9 Å². The van der Waals surface area contributed by atoms with Crippen molar-refractivity contribution in [3.8, 4) is 6.07 Å². The van der Waals surface area contributed by atoms with Gasteiger partial charge in [0, 0.05) is 17.1 Å². The topological polar surface area (TPSA) is 56.6 Å². The Morgan fingerprint density at radius 1 is 1.35 bits per heavy atom. The van der Waals surface area contributed by atoms with Gasteiger partial charge in [-0.3, -0.25) is 4.79 Å². The summed E-state index contributed by atoms with van der Waals surface area (Å²) in [5.74, 6) is -1.92. The highest BCUT2D eigenvalue weighted by Crippen LogP contribution is 2.27. The molecular weight excluding hydrogens is 233 g/mol. The summed E-state index contributed by atoms with van der Waals surface area (Å²) in [4.78, 5) is 13.7. The van der Waals surface area contributed by atoms with E-state index in [2.05, 4.69) is 4.98 Å². The van der Waals surface area contributed by atoms with Crippen molar-refractivity contribution in [3.63, 3.8) is 0 Å². The van der Waals surface area contributed by atoms with E-state index in [1.165, 1.54) is 18.2 Å². The molecule has 0 unspecified atom stereocenters. The SMILES string of the molecule is N#Cc1ccc2[nH]cc(C(=O)C(F)(F)F)c2c1. The monoisotopic (exact) mass is 238 g/mol. The smallest absolute Gasteiger partial charge is 0.360 e. The highest BCUT2D eigenvalue weighted by Gasteiger charge is 2.40. The molecule has 0 amide bonds. The first-order valence-electron chi connectivity index (χ1n) is 4.56. The number of fused-ring (bicyclic) bond motifs is 1. The second kappa shape index (κ2) is 3.63. The number of hydrogen-bond donors (Lipinski definition) is 1. The number of carbonyl (C=O) groups excluding carboxylic acids is 1. The molecule has 0 aliphatic carbocycles. The average molecular weight is 238 g/mol. The van der Waals surface area contributed by atoms with E-state index in [1.54, 1.807) is 0 Å². The number of carbonyl (C=O) groups is 1. The number of rotatable bonds is 1. The van der Waals surface area contributed by atoms with Gasteiger partial charge in [0.1, 0.15) is 0 Å². The molecule has 0 aliphatic rings. The number of halogens is 3. The van der Waals surface area contributed by atoms with E-state index in [1.807, 2.05) is 6.07 Å². The fraction of sp³-hybridized carbons (Fsp3) is 0.0909. The van der Waals surface area contributed by atoms with Crippen molar-refractivity contribution in [3.05, 3.63) is 35.5 Å². The van der Waals surface area contributed by atoms with Crippen LogP contribution in [-0.2, 0) is 0 Å². The van der Waals surface area contributed by atoms with E-state index in [0.29, 0.717) is 5.52 Å². The quantitative estimate of drug-likeness (QED) is 0.776. The van der Waals surface area contributed by atoms with Crippen LogP contribution in [0.2, 0.25) is 0 Å². The number of H-pyrrole nitrogens is 1. The molecule has 6 heteroatoms. The second-order valence-corrected chi connectivity index (χ2v) is 3.40. The third-order valence-electron chi connectivity index (χ3n) is 2.31. The highest BCUT2D eigenvalue weighted by atomic mass is 19.4. The Labute approximate surface area is 93.5 Å². The van der Waals surface area contributed by atoms with Crippen LogP contribution in [0.3, 0.4) is 0 Å². The zero-order chi connectivity index (χ0) is 12.6. The molecule has 3 nitrogen and oxygen atoms in total.